The molecule has 2 aliphatic heterocycles. The van der Waals surface area contributed by atoms with Crippen LogP contribution < -0.4 is 5.32 Å². The van der Waals surface area contributed by atoms with Crippen molar-refractivity contribution in [3.8, 4) is 0 Å². The normalized spacial score (nSPS) is 23.2. The van der Waals surface area contributed by atoms with E-state index in [1.165, 1.54) is 212 Å². The third kappa shape index (κ3) is 43.6. The molecule has 14 heteroatoms. The first-order chi connectivity index (χ1) is 44.1. The van der Waals surface area contributed by atoms with Gasteiger partial charge in [-0.25, -0.2) is 0 Å². The summed E-state index contributed by atoms with van der Waals surface area (Å²) in [5.41, 5.74) is 0. The van der Waals surface area contributed by atoms with E-state index in [0.29, 0.717) is 12.8 Å². The molecule has 0 aromatic carbocycles. The van der Waals surface area contributed by atoms with Crippen molar-refractivity contribution in [3.05, 3.63) is 60.8 Å². The molecule has 2 saturated heterocycles. The Morgan fingerprint density at radius 1 is 0.411 bits per heavy atom. The molecule has 0 radical (unpaired) electrons. The Labute approximate surface area is 549 Å². The number of aliphatic hydroxyl groups excluding tert-OH is 8. The number of nitrogens with one attached hydrogen (secondary N) is 1. The Balaban J connectivity index is 1.53. The Hall–Kier alpha value is -2.31. The van der Waals surface area contributed by atoms with Crippen LogP contribution in [-0.2, 0) is 23.7 Å². The van der Waals surface area contributed by atoms with Crippen LogP contribution in [0.2, 0.25) is 0 Å². The molecule has 0 aromatic rings. The molecule has 0 aromatic heterocycles. The van der Waals surface area contributed by atoms with Crippen LogP contribution in [0.4, 0.5) is 0 Å². The van der Waals surface area contributed by atoms with Gasteiger partial charge < -0.3 is 65.1 Å². The van der Waals surface area contributed by atoms with Gasteiger partial charge in [0, 0.05) is 6.42 Å². The molecule has 0 aliphatic carbocycles. The number of amides is 1. The zero-order valence-corrected chi connectivity index (χ0v) is 57.4. The van der Waals surface area contributed by atoms with E-state index in [-0.39, 0.29) is 12.5 Å². The number of hydrogen-bond donors (Lipinski definition) is 9. The summed E-state index contributed by atoms with van der Waals surface area (Å²) in [6, 6.07) is -0.828. The largest absolute Gasteiger partial charge is 0.394 e. The first-order valence-electron chi connectivity index (χ1n) is 37.5. The van der Waals surface area contributed by atoms with Crippen molar-refractivity contribution in [1.29, 1.82) is 0 Å². The molecule has 12 atom stereocenters. The highest BCUT2D eigenvalue weighted by Gasteiger charge is 2.51. The van der Waals surface area contributed by atoms with Gasteiger partial charge in [-0.3, -0.25) is 4.79 Å². The van der Waals surface area contributed by atoms with Crippen LogP contribution in [0.25, 0.3) is 0 Å². The Morgan fingerprint density at radius 3 is 1.18 bits per heavy atom. The number of carbonyl (C=O) groups is 1. The van der Waals surface area contributed by atoms with E-state index in [1.54, 1.807) is 0 Å². The van der Waals surface area contributed by atoms with Gasteiger partial charge in [-0.1, -0.05) is 319 Å². The summed E-state index contributed by atoms with van der Waals surface area (Å²) in [4.78, 5) is 13.3. The molecule has 9 N–H and O–H groups in total. The summed E-state index contributed by atoms with van der Waals surface area (Å²) in [5, 5.41) is 87.5. The summed E-state index contributed by atoms with van der Waals surface area (Å²) in [7, 11) is 0. The van der Waals surface area contributed by atoms with Crippen LogP contribution in [0.3, 0.4) is 0 Å². The summed E-state index contributed by atoms with van der Waals surface area (Å²) in [6.45, 7) is 2.78. The number of carbonyl (C=O) groups excluding carboxylic acids is 1. The van der Waals surface area contributed by atoms with Crippen LogP contribution in [0, 0.1) is 0 Å². The second kappa shape index (κ2) is 60.4. The standard InChI is InChI=1S/C76H139NO13/c1-3-5-7-9-11-13-15-17-19-20-21-22-23-24-25-26-27-28-29-30-31-32-33-34-35-36-37-38-39-40-41-42-43-44-46-48-50-52-54-56-58-60-68(81)77-64(65(80)59-57-55-53-51-49-47-45-18-16-14-12-10-8-6-4-2)63-87-75-73(86)71(84)74(67(62-79)89-75)90-76-72(85)70(83)69(82)66(61-78)88-76/h5,7,11,13,17,19,21-22,24-25,64-67,69-76,78-80,82-86H,3-4,6,8-10,12,14-16,18,20,23,26-63H2,1-2H3,(H,77,81)/b7-5-,13-11-,19-17-,22-21-,25-24-. The minimum atomic E-state index is -1.78. The van der Waals surface area contributed by atoms with Crippen LogP contribution in [0.15, 0.2) is 60.8 Å². The van der Waals surface area contributed by atoms with Gasteiger partial charge in [-0.2, -0.15) is 0 Å². The van der Waals surface area contributed by atoms with E-state index < -0.39 is 86.8 Å². The zero-order chi connectivity index (χ0) is 65.2. The molecular weight excluding hydrogens is 1130 g/mol. The average Bonchev–Trinajstić information content (AvgIpc) is 1.58. The van der Waals surface area contributed by atoms with E-state index in [9.17, 15) is 45.6 Å². The van der Waals surface area contributed by atoms with Gasteiger partial charge in [0.1, 0.15) is 48.8 Å². The average molecular weight is 1270 g/mol. The SMILES string of the molecule is CC/C=C\C/C=C\C/C=C\C/C=C\C/C=C\CCCCCCCCCCCCCCCCCCCCCCCCCCCC(=O)NC(COC1OC(CO)C(OC2OC(CO)C(O)C(O)C2O)C(O)C1O)C(O)CCCCCCCCCCCCCCCCC. The predicted octanol–water partition coefficient (Wildman–Crippen LogP) is 16.0. The monoisotopic (exact) mass is 1270 g/mol. The molecular formula is C76H139NO13. The van der Waals surface area contributed by atoms with Crippen molar-refractivity contribution in [2.45, 2.75) is 396 Å². The van der Waals surface area contributed by atoms with E-state index in [4.69, 9.17) is 18.9 Å². The summed E-state index contributed by atoms with van der Waals surface area (Å²) < 4.78 is 22.9. The summed E-state index contributed by atoms with van der Waals surface area (Å²) in [5.74, 6) is -0.201. The molecule has 0 saturated carbocycles. The lowest BCUT2D eigenvalue weighted by Crippen LogP contribution is -2.65. The molecule has 2 rings (SSSR count). The lowest BCUT2D eigenvalue weighted by molar-refractivity contribution is -0.359. The smallest absolute Gasteiger partial charge is 0.220 e. The fourth-order valence-corrected chi connectivity index (χ4v) is 12.3. The highest BCUT2D eigenvalue weighted by Crippen LogP contribution is 2.30. The fraction of sp³-hybridized carbons (Fsp3) is 0.855. The van der Waals surface area contributed by atoms with Crippen LogP contribution in [0.5, 0.6) is 0 Å². The Morgan fingerprint density at radius 2 is 0.767 bits per heavy atom. The Bertz CT molecular complexity index is 1740. The maximum absolute atomic E-state index is 13.3. The van der Waals surface area contributed by atoms with E-state index >= 15 is 0 Å². The third-order valence-corrected chi connectivity index (χ3v) is 18.2. The van der Waals surface area contributed by atoms with Crippen molar-refractivity contribution < 1.29 is 64.6 Å². The third-order valence-electron chi connectivity index (χ3n) is 18.2. The van der Waals surface area contributed by atoms with Gasteiger partial charge in [-0.15, -0.1) is 0 Å². The summed E-state index contributed by atoms with van der Waals surface area (Å²) in [6.07, 6.45) is 64.1. The van der Waals surface area contributed by atoms with Crippen molar-refractivity contribution in [3.63, 3.8) is 0 Å². The van der Waals surface area contributed by atoms with Crippen LogP contribution in [0.1, 0.15) is 322 Å². The molecule has 1 amide bonds. The maximum atomic E-state index is 13.3. The van der Waals surface area contributed by atoms with Crippen LogP contribution in [-0.4, -0.2) is 140 Å². The maximum Gasteiger partial charge on any atom is 0.220 e. The first-order valence-corrected chi connectivity index (χ1v) is 37.5. The number of aliphatic hydroxyl groups is 8. The molecule has 0 bridgehead atoms. The molecule has 526 valence electrons. The van der Waals surface area contributed by atoms with Gasteiger partial charge >= 0.3 is 0 Å². The van der Waals surface area contributed by atoms with Gasteiger partial charge in [-0.05, 0) is 57.8 Å². The van der Waals surface area contributed by atoms with Crippen molar-refractivity contribution in [1.82, 2.24) is 5.32 Å². The van der Waals surface area contributed by atoms with Gasteiger partial charge in [0.05, 0.1) is 32.0 Å². The van der Waals surface area contributed by atoms with Crippen molar-refractivity contribution in [2.75, 3.05) is 19.8 Å². The quantitative estimate of drug-likeness (QED) is 0.0204. The molecule has 2 aliphatic rings. The lowest BCUT2D eigenvalue weighted by Gasteiger charge is -2.46. The first kappa shape index (κ1) is 83.8. The van der Waals surface area contributed by atoms with Crippen LogP contribution >= 0.6 is 0 Å². The zero-order valence-electron chi connectivity index (χ0n) is 57.4. The number of unbranched alkanes of at least 4 members (excludes halogenated alkanes) is 39. The minimum absolute atomic E-state index is 0.201. The fourth-order valence-electron chi connectivity index (χ4n) is 12.3. The van der Waals surface area contributed by atoms with Gasteiger partial charge in [0.25, 0.3) is 0 Å². The number of hydrogen-bond acceptors (Lipinski definition) is 13. The van der Waals surface area contributed by atoms with Gasteiger partial charge in [0.2, 0.25) is 5.91 Å². The summed E-state index contributed by atoms with van der Waals surface area (Å²) >= 11 is 0. The molecule has 0 spiro atoms. The molecule has 14 nitrogen and oxygen atoms in total. The predicted molar refractivity (Wildman–Crippen MR) is 369 cm³/mol. The van der Waals surface area contributed by atoms with E-state index in [2.05, 4.69) is 79.9 Å². The van der Waals surface area contributed by atoms with E-state index in [0.717, 1.165) is 83.5 Å². The lowest BCUT2D eigenvalue weighted by atomic mass is 9.97. The number of ether oxygens (including phenoxy) is 4. The van der Waals surface area contributed by atoms with Crippen molar-refractivity contribution >= 4 is 5.91 Å². The molecule has 2 fully saturated rings. The molecule has 90 heavy (non-hydrogen) atoms. The number of rotatable bonds is 62. The second-order valence-corrected chi connectivity index (χ2v) is 26.4. The number of allylic oxidation sites excluding steroid dienone is 10. The Kier molecular flexibility index (Phi) is 56.2. The van der Waals surface area contributed by atoms with Gasteiger partial charge in [0.15, 0.2) is 12.6 Å². The second-order valence-electron chi connectivity index (χ2n) is 26.4. The highest BCUT2D eigenvalue weighted by molar-refractivity contribution is 5.76. The molecule has 12 unspecified atom stereocenters. The topological polar surface area (TPSA) is 228 Å². The highest BCUT2D eigenvalue weighted by atomic mass is 16.7. The minimum Gasteiger partial charge on any atom is -0.394 e. The van der Waals surface area contributed by atoms with E-state index in [1.807, 2.05) is 0 Å². The molecule has 2 heterocycles. The van der Waals surface area contributed by atoms with Crippen molar-refractivity contribution in [2.24, 2.45) is 0 Å².